The van der Waals surface area contributed by atoms with Crippen LogP contribution in [0.3, 0.4) is 0 Å². The number of carbonyl (C=O) groups is 3. The zero-order chi connectivity index (χ0) is 21.4. The summed E-state index contributed by atoms with van der Waals surface area (Å²) in [6.07, 6.45) is 1.47. The van der Waals surface area contributed by atoms with E-state index in [2.05, 4.69) is 10.2 Å². The monoisotopic (exact) mass is 435 g/mol. The molecule has 10 heteroatoms. The predicted molar refractivity (Wildman–Crippen MR) is 106 cm³/mol. The molecule has 3 aromatic heterocycles. The van der Waals surface area contributed by atoms with Crippen LogP contribution in [0.25, 0.3) is 10.8 Å². The summed E-state index contributed by atoms with van der Waals surface area (Å²) >= 11 is 1.45. The topological polar surface area (TPSA) is 116 Å². The van der Waals surface area contributed by atoms with Gasteiger partial charge in [-0.05, 0) is 41.8 Å². The Morgan fingerprint density at radius 2 is 1.94 bits per heavy atom. The number of thiophene rings is 1. The van der Waals surface area contributed by atoms with Gasteiger partial charge in [0.1, 0.15) is 5.76 Å². The number of fused-ring (bicyclic) bond motifs is 1. The van der Waals surface area contributed by atoms with Crippen molar-refractivity contribution in [2.75, 3.05) is 0 Å². The molecule has 0 radical (unpaired) electrons. The van der Waals surface area contributed by atoms with Gasteiger partial charge in [0.15, 0.2) is 6.61 Å². The van der Waals surface area contributed by atoms with Gasteiger partial charge in [-0.1, -0.05) is 6.07 Å². The van der Waals surface area contributed by atoms with Crippen LogP contribution in [0.2, 0.25) is 0 Å². The summed E-state index contributed by atoms with van der Waals surface area (Å²) in [5.41, 5.74) is 0.507. The number of hydrogen-bond donors (Lipinski definition) is 0. The first-order valence-corrected chi connectivity index (χ1v) is 10.0. The summed E-state index contributed by atoms with van der Waals surface area (Å²) in [6.45, 7) is -0.200. The number of nitrogens with zero attached hydrogens (tertiary/aromatic N) is 3. The molecule has 4 aromatic rings. The molecule has 0 saturated carbocycles. The average Bonchev–Trinajstić information content (AvgIpc) is 3.58. The van der Waals surface area contributed by atoms with Gasteiger partial charge in [-0.25, -0.2) is 4.79 Å². The van der Waals surface area contributed by atoms with Crippen molar-refractivity contribution in [3.63, 3.8) is 0 Å². The molecule has 0 fully saturated rings. The van der Waals surface area contributed by atoms with Crippen LogP contribution in [-0.2, 0) is 17.9 Å². The molecule has 0 aliphatic carbocycles. The van der Waals surface area contributed by atoms with E-state index in [1.54, 1.807) is 12.1 Å². The minimum atomic E-state index is -0.677. The Morgan fingerprint density at radius 3 is 2.71 bits per heavy atom. The first-order chi connectivity index (χ1) is 15.1. The normalized spacial score (nSPS) is 13.0. The summed E-state index contributed by atoms with van der Waals surface area (Å²) in [4.78, 5) is 39.6. The maximum absolute atomic E-state index is 12.7. The Balaban J connectivity index is 1.28. The molecule has 31 heavy (non-hydrogen) atoms. The van der Waals surface area contributed by atoms with Crippen molar-refractivity contribution in [3.8, 4) is 10.8 Å². The van der Waals surface area contributed by atoms with Crippen molar-refractivity contribution >= 4 is 29.1 Å². The molecular formula is C21H13N3O6S. The van der Waals surface area contributed by atoms with Crippen molar-refractivity contribution < 1.29 is 28.0 Å². The summed E-state index contributed by atoms with van der Waals surface area (Å²) in [7, 11) is 0. The van der Waals surface area contributed by atoms with Gasteiger partial charge in [0, 0.05) is 0 Å². The quantitative estimate of drug-likeness (QED) is 0.334. The molecule has 1 aliphatic rings. The van der Waals surface area contributed by atoms with E-state index in [-0.39, 0.29) is 35.7 Å². The van der Waals surface area contributed by atoms with E-state index in [0.29, 0.717) is 11.7 Å². The lowest BCUT2D eigenvalue weighted by molar-refractivity contribution is 0.0438. The molecule has 0 spiro atoms. The lowest BCUT2D eigenvalue weighted by atomic mass is 10.1. The molecule has 1 aliphatic heterocycles. The summed E-state index contributed by atoms with van der Waals surface area (Å²) in [5, 5.41) is 9.67. The van der Waals surface area contributed by atoms with Gasteiger partial charge < -0.3 is 13.6 Å². The van der Waals surface area contributed by atoms with Crippen molar-refractivity contribution in [2.24, 2.45) is 0 Å². The SMILES string of the molecule is O=C(OCc1nnc(-c2cccs2)o1)c1ccc2c(c1)C(=O)N(Cc1ccco1)C2=O. The molecule has 2 amide bonds. The Kier molecular flexibility index (Phi) is 4.68. The third kappa shape index (κ3) is 3.53. The average molecular weight is 435 g/mol. The smallest absolute Gasteiger partial charge is 0.338 e. The second kappa shape index (κ2) is 7.65. The van der Waals surface area contributed by atoms with Gasteiger partial charge in [0.25, 0.3) is 23.6 Å². The number of esters is 1. The number of rotatable bonds is 6. The van der Waals surface area contributed by atoms with E-state index in [4.69, 9.17) is 13.6 Å². The van der Waals surface area contributed by atoms with Gasteiger partial charge in [-0.2, -0.15) is 0 Å². The molecule has 0 saturated heterocycles. The van der Waals surface area contributed by atoms with Crippen molar-refractivity contribution in [1.29, 1.82) is 0 Å². The van der Waals surface area contributed by atoms with E-state index in [9.17, 15) is 14.4 Å². The van der Waals surface area contributed by atoms with E-state index < -0.39 is 17.8 Å². The first kappa shape index (κ1) is 18.9. The molecular weight excluding hydrogens is 422 g/mol. The largest absolute Gasteiger partial charge is 0.467 e. The number of aromatic nitrogens is 2. The molecule has 1 aromatic carbocycles. The van der Waals surface area contributed by atoms with Crippen LogP contribution in [-0.4, -0.2) is 32.9 Å². The molecule has 154 valence electrons. The van der Waals surface area contributed by atoms with Crippen molar-refractivity contribution in [3.05, 3.63) is 82.4 Å². The molecule has 0 bridgehead atoms. The van der Waals surface area contributed by atoms with Crippen molar-refractivity contribution in [2.45, 2.75) is 13.2 Å². The predicted octanol–water partition coefficient (Wildman–Crippen LogP) is 3.54. The Morgan fingerprint density at radius 1 is 1.06 bits per heavy atom. The molecule has 0 atom stereocenters. The van der Waals surface area contributed by atoms with Crippen molar-refractivity contribution in [1.82, 2.24) is 15.1 Å². The number of hydrogen-bond acceptors (Lipinski definition) is 9. The molecule has 0 N–H and O–H groups in total. The minimum Gasteiger partial charge on any atom is -0.467 e. The zero-order valence-electron chi connectivity index (χ0n) is 15.8. The zero-order valence-corrected chi connectivity index (χ0v) is 16.6. The van der Waals surface area contributed by atoms with Crippen LogP contribution in [0, 0.1) is 0 Å². The highest BCUT2D eigenvalue weighted by Gasteiger charge is 2.36. The number of imide groups is 1. The second-order valence-electron chi connectivity index (χ2n) is 6.59. The Labute approximate surface area is 178 Å². The molecule has 0 unspecified atom stereocenters. The summed E-state index contributed by atoms with van der Waals surface area (Å²) in [6, 6.07) is 11.3. The van der Waals surface area contributed by atoms with E-state index in [0.717, 1.165) is 9.78 Å². The summed E-state index contributed by atoms with van der Waals surface area (Å²) in [5.74, 6) is -0.640. The minimum absolute atomic E-state index is 0.0167. The number of amides is 2. The molecule has 9 nitrogen and oxygen atoms in total. The van der Waals surface area contributed by atoms with Gasteiger partial charge in [0.2, 0.25) is 0 Å². The fourth-order valence-electron chi connectivity index (χ4n) is 3.14. The van der Waals surface area contributed by atoms with Gasteiger partial charge in [-0.3, -0.25) is 14.5 Å². The Hall–Kier alpha value is -4.05. The number of carbonyl (C=O) groups excluding carboxylic acids is 3. The van der Waals surface area contributed by atoms with E-state index in [1.165, 1.54) is 35.8 Å². The van der Waals surface area contributed by atoms with Gasteiger partial charge in [-0.15, -0.1) is 21.5 Å². The Bertz CT molecular complexity index is 1280. The van der Waals surface area contributed by atoms with Crippen LogP contribution >= 0.6 is 11.3 Å². The van der Waals surface area contributed by atoms with Gasteiger partial charge in [0.05, 0.1) is 34.4 Å². The highest BCUT2D eigenvalue weighted by molar-refractivity contribution is 7.13. The van der Waals surface area contributed by atoms with Gasteiger partial charge >= 0.3 is 5.97 Å². The fraction of sp³-hybridized carbons (Fsp3) is 0.0952. The molecule has 5 rings (SSSR count). The van der Waals surface area contributed by atoms with Crippen LogP contribution in [0.1, 0.15) is 42.7 Å². The van der Waals surface area contributed by atoms with E-state index in [1.807, 2.05) is 17.5 Å². The first-order valence-electron chi connectivity index (χ1n) is 9.16. The number of ether oxygens (including phenoxy) is 1. The lowest BCUT2D eigenvalue weighted by Gasteiger charge is -2.11. The number of benzene rings is 1. The highest BCUT2D eigenvalue weighted by atomic mass is 32.1. The third-order valence-corrected chi connectivity index (χ3v) is 5.48. The van der Waals surface area contributed by atoms with Crippen LogP contribution < -0.4 is 0 Å². The standard InChI is InChI=1S/C21H13N3O6S/c25-19-14-6-5-12(9-15(14)20(26)24(19)10-13-3-1-7-28-13)21(27)29-11-17-22-23-18(30-17)16-4-2-8-31-16/h1-9H,10-11H2. The second-order valence-corrected chi connectivity index (χ2v) is 7.54. The summed E-state index contributed by atoms with van der Waals surface area (Å²) < 4.78 is 15.9. The van der Waals surface area contributed by atoms with Crippen LogP contribution in [0.15, 0.2) is 62.9 Å². The number of furan rings is 1. The maximum Gasteiger partial charge on any atom is 0.338 e. The van der Waals surface area contributed by atoms with E-state index >= 15 is 0 Å². The highest BCUT2D eigenvalue weighted by Crippen LogP contribution is 2.26. The lowest BCUT2D eigenvalue weighted by Crippen LogP contribution is -2.28. The molecule has 4 heterocycles. The fourth-order valence-corrected chi connectivity index (χ4v) is 3.79. The van der Waals surface area contributed by atoms with Crippen LogP contribution in [0.4, 0.5) is 0 Å². The maximum atomic E-state index is 12.7. The third-order valence-electron chi connectivity index (χ3n) is 4.63. The van der Waals surface area contributed by atoms with Crippen LogP contribution in [0.5, 0.6) is 0 Å².